The third kappa shape index (κ3) is 11.5. The van der Waals surface area contributed by atoms with Gasteiger partial charge in [0, 0.05) is 51.5 Å². The lowest BCUT2D eigenvalue weighted by Crippen LogP contribution is -2.45. The summed E-state index contributed by atoms with van der Waals surface area (Å²) in [6, 6.07) is 13.6. The number of aliphatic imine (C=N–C) groups is 2. The van der Waals surface area contributed by atoms with Gasteiger partial charge in [-0.3, -0.25) is 19.3 Å². The number of nitrogens with zero attached hydrogens (tertiary/aromatic N) is 6. The summed E-state index contributed by atoms with van der Waals surface area (Å²) >= 11 is 0. The quantitative estimate of drug-likeness (QED) is 0.0530. The number of likely N-dealkylation sites (tertiary alicyclic amines) is 1. The molecule has 0 radical (unpaired) electrons. The number of nitrogens with one attached hydrogen (secondary N) is 2. The zero-order valence-electron chi connectivity index (χ0n) is 30.6. The summed E-state index contributed by atoms with van der Waals surface area (Å²) in [5.41, 5.74) is 7.22. The smallest absolute Gasteiger partial charge is 0.387 e. The van der Waals surface area contributed by atoms with E-state index in [0.717, 1.165) is 54.9 Å². The van der Waals surface area contributed by atoms with Crippen molar-refractivity contribution in [3.63, 3.8) is 0 Å². The van der Waals surface area contributed by atoms with Crippen molar-refractivity contribution in [1.29, 1.82) is 0 Å². The van der Waals surface area contributed by atoms with Crippen molar-refractivity contribution in [3.8, 4) is 0 Å². The molecule has 2 fully saturated rings. The number of benzene rings is 2. The summed E-state index contributed by atoms with van der Waals surface area (Å²) in [4.78, 5) is 33.7. The average molecular weight is 770 g/mol. The number of halogens is 2. The lowest BCUT2D eigenvalue weighted by molar-refractivity contribution is -0.116. The van der Waals surface area contributed by atoms with E-state index in [0.29, 0.717) is 61.9 Å². The Morgan fingerprint density at radius 1 is 1.17 bits per heavy atom. The number of piperidine rings is 2. The van der Waals surface area contributed by atoms with E-state index in [1.165, 1.54) is 11.8 Å². The molecule has 2 amide bonds. The van der Waals surface area contributed by atoms with Gasteiger partial charge in [-0.1, -0.05) is 18.2 Å². The van der Waals surface area contributed by atoms with Crippen LogP contribution in [0.5, 0.6) is 0 Å². The Hall–Kier alpha value is -4.58. The van der Waals surface area contributed by atoms with Gasteiger partial charge < -0.3 is 31.1 Å². The molecule has 0 bridgehead atoms. The maximum absolute atomic E-state index is 13.5. The third-order valence-electron chi connectivity index (χ3n) is 9.60. The number of hydrogen-bond acceptors (Lipinski definition) is 9. The summed E-state index contributed by atoms with van der Waals surface area (Å²) in [5.74, 6) is 0.434. The van der Waals surface area contributed by atoms with Crippen molar-refractivity contribution >= 4 is 52.6 Å². The highest BCUT2D eigenvalue weighted by atomic mass is 32.2. The van der Waals surface area contributed by atoms with Gasteiger partial charge in [0.05, 0.1) is 40.8 Å². The van der Waals surface area contributed by atoms with Crippen LogP contribution in [0, 0.1) is 0 Å². The molecular formula is C37H49F2N9O5S. The van der Waals surface area contributed by atoms with Crippen molar-refractivity contribution in [2.75, 3.05) is 44.6 Å². The molecule has 3 heterocycles. The van der Waals surface area contributed by atoms with Crippen LogP contribution in [-0.4, -0.2) is 111 Å². The monoisotopic (exact) mass is 769 g/mol. The van der Waals surface area contributed by atoms with Crippen LogP contribution in [0.4, 0.5) is 14.6 Å². The van der Waals surface area contributed by atoms with Crippen LogP contribution in [-0.2, 0) is 38.8 Å². The number of allylic oxidation sites excluding steroid dienone is 1. The van der Waals surface area contributed by atoms with E-state index in [1.54, 1.807) is 4.68 Å². The molecule has 0 aliphatic carbocycles. The number of fused-ring (bicyclic) bond motifs is 1. The van der Waals surface area contributed by atoms with Gasteiger partial charge in [-0.05, 0) is 87.0 Å². The van der Waals surface area contributed by atoms with E-state index < -0.39 is 23.2 Å². The Morgan fingerprint density at radius 2 is 1.93 bits per heavy atom. The number of aromatic nitrogens is 2. The van der Waals surface area contributed by atoms with Crippen molar-refractivity contribution in [3.05, 3.63) is 65.6 Å². The lowest BCUT2D eigenvalue weighted by Gasteiger charge is -2.37. The fourth-order valence-electron chi connectivity index (χ4n) is 7.02. The van der Waals surface area contributed by atoms with E-state index in [4.69, 9.17) is 5.73 Å². The number of aryl methyl sites for hydroxylation is 1. The molecule has 2 saturated heterocycles. The summed E-state index contributed by atoms with van der Waals surface area (Å²) in [5, 5.41) is 22.2. The summed E-state index contributed by atoms with van der Waals surface area (Å²) < 4.78 is 47.0. The molecule has 2 aliphatic heterocycles. The highest BCUT2D eigenvalue weighted by Gasteiger charge is 2.29. The van der Waals surface area contributed by atoms with Crippen LogP contribution < -0.4 is 16.4 Å². The SMILES string of the molecule is Cn1nc(NC(=O)CCNC=O)c2ccc(C3CCN(CC(C)(O)Cc4cccc(S(=O)N5CCC(N=C/C(=C\N=CN)OC(F)F)CC5)c4)CC3)cc21. The van der Waals surface area contributed by atoms with Gasteiger partial charge in [-0.2, -0.15) is 13.9 Å². The van der Waals surface area contributed by atoms with Gasteiger partial charge in [0.25, 0.3) is 0 Å². The zero-order valence-corrected chi connectivity index (χ0v) is 31.4. The molecule has 0 spiro atoms. The number of alkyl halides is 2. The highest BCUT2D eigenvalue weighted by Crippen LogP contribution is 2.33. The fourth-order valence-corrected chi connectivity index (χ4v) is 8.31. The fraction of sp³-hybridized carbons (Fsp3) is 0.486. The Balaban J connectivity index is 1.10. The minimum absolute atomic E-state index is 0.139. The van der Waals surface area contributed by atoms with Crippen LogP contribution in [0.1, 0.15) is 56.1 Å². The van der Waals surface area contributed by atoms with Crippen LogP contribution in [0.15, 0.2) is 69.3 Å². The number of ether oxygens (including phenoxy) is 1. The van der Waals surface area contributed by atoms with Crippen LogP contribution in [0.25, 0.3) is 10.9 Å². The number of aliphatic hydroxyl groups is 1. The summed E-state index contributed by atoms with van der Waals surface area (Å²) in [7, 11) is 0.445. The molecule has 1 aromatic heterocycles. The van der Waals surface area contributed by atoms with E-state index in [9.17, 15) is 27.7 Å². The average Bonchev–Trinajstić information content (AvgIpc) is 3.46. The van der Waals surface area contributed by atoms with E-state index in [2.05, 4.69) is 47.5 Å². The van der Waals surface area contributed by atoms with Gasteiger partial charge in [0.1, 0.15) is 11.0 Å². The molecule has 3 aromatic rings. The van der Waals surface area contributed by atoms with Gasteiger partial charge in [0.15, 0.2) is 11.6 Å². The molecule has 0 saturated carbocycles. The van der Waals surface area contributed by atoms with Crippen LogP contribution in [0.3, 0.4) is 0 Å². The molecule has 14 nitrogen and oxygen atoms in total. The molecule has 5 N–H and O–H groups in total. The number of carbonyl (C=O) groups is 2. The van der Waals surface area contributed by atoms with Crippen molar-refractivity contribution in [2.45, 2.75) is 74.5 Å². The van der Waals surface area contributed by atoms with Gasteiger partial charge in [-0.15, -0.1) is 0 Å². The first-order valence-corrected chi connectivity index (χ1v) is 19.1. The lowest BCUT2D eigenvalue weighted by atomic mass is 9.88. The maximum atomic E-state index is 13.5. The first kappa shape index (κ1) is 40.6. The molecule has 54 heavy (non-hydrogen) atoms. The number of β-amino-alcohol motifs (C(OH)–C–C–N with tert-alkyl or cyclic N) is 1. The Labute approximate surface area is 316 Å². The molecule has 2 atom stereocenters. The minimum Gasteiger partial charge on any atom is -0.432 e. The number of anilines is 1. The molecule has 5 rings (SSSR count). The molecule has 292 valence electrons. The Bertz CT molecular complexity index is 1850. The maximum Gasteiger partial charge on any atom is 0.387 e. The zero-order chi connectivity index (χ0) is 38.7. The van der Waals surface area contributed by atoms with E-state index in [1.807, 2.05) is 48.6 Å². The number of carbonyl (C=O) groups excluding carboxylic acids is 2. The predicted octanol–water partition coefficient (Wildman–Crippen LogP) is 3.45. The van der Waals surface area contributed by atoms with Crippen LogP contribution in [0.2, 0.25) is 0 Å². The molecular weight excluding hydrogens is 721 g/mol. The van der Waals surface area contributed by atoms with E-state index >= 15 is 0 Å². The van der Waals surface area contributed by atoms with E-state index in [-0.39, 0.29) is 30.7 Å². The molecule has 2 aliphatic rings. The second kappa shape index (κ2) is 19.1. The normalized spacial score (nSPS) is 18.7. The first-order chi connectivity index (χ1) is 25.9. The Morgan fingerprint density at radius 3 is 2.63 bits per heavy atom. The largest absolute Gasteiger partial charge is 0.432 e. The number of rotatable bonds is 17. The summed E-state index contributed by atoms with van der Waals surface area (Å²) in [6.45, 7) is 2.30. The standard InChI is InChI=1S/C37H49F2N9O5S/c1-37(51,20-26-4-3-5-31(18-26)54(52)48-16-11-29(12-17-48)43-22-30(21-42-24-40)53-36(38)39)23-47-14-9-27(10-15-47)28-6-7-32-33(19-28)46(2)45-35(32)44-34(50)8-13-41-25-49/h3-7,18-19,21-22,24-25,27,29,36,51H,8-17,20,23H2,1-2H3,(H2,40,42)(H,41,49)(H,44,45,50)/b30-21+,43-22?. The van der Waals surface area contributed by atoms with Gasteiger partial charge >= 0.3 is 6.61 Å². The van der Waals surface area contributed by atoms with Crippen molar-refractivity contribution in [1.82, 2.24) is 24.3 Å². The third-order valence-corrected chi connectivity index (χ3v) is 11.1. The minimum atomic E-state index is -3.01. The number of nitrogens with two attached hydrogens (primary N) is 1. The summed E-state index contributed by atoms with van der Waals surface area (Å²) in [6.07, 6.45) is 7.45. The van der Waals surface area contributed by atoms with Crippen molar-refractivity contribution in [2.24, 2.45) is 22.8 Å². The second-order valence-electron chi connectivity index (χ2n) is 13.9. The number of hydrogen-bond donors (Lipinski definition) is 4. The first-order valence-electron chi connectivity index (χ1n) is 18.0. The Kier molecular flexibility index (Phi) is 14.4. The second-order valence-corrected chi connectivity index (χ2v) is 15.4. The number of amides is 2. The molecule has 17 heteroatoms. The topological polar surface area (TPSA) is 180 Å². The predicted molar refractivity (Wildman–Crippen MR) is 205 cm³/mol. The van der Waals surface area contributed by atoms with Crippen molar-refractivity contribution < 1.29 is 32.4 Å². The van der Waals surface area contributed by atoms with Crippen LogP contribution >= 0.6 is 0 Å². The molecule has 2 unspecified atom stereocenters. The molecule has 2 aromatic carbocycles. The van der Waals surface area contributed by atoms with Gasteiger partial charge in [-0.25, -0.2) is 13.5 Å². The highest BCUT2D eigenvalue weighted by molar-refractivity contribution is 7.82. The van der Waals surface area contributed by atoms with Gasteiger partial charge in [0.2, 0.25) is 12.3 Å².